The van der Waals surface area contributed by atoms with Gasteiger partial charge in [-0.2, -0.15) is 0 Å². The first-order valence-electron chi connectivity index (χ1n) is 4.77. The van der Waals surface area contributed by atoms with Gasteiger partial charge in [-0.25, -0.2) is 9.97 Å². The van der Waals surface area contributed by atoms with E-state index in [0.717, 1.165) is 24.1 Å². The summed E-state index contributed by atoms with van der Waals surface area (Å²) in [6.45, 7) is 3.19. The summed E-state index contributed by atoms with van der Waals surface area (Å²) in [6.07, 6.45) is 4.74. The van der Waals surface area contributed by atoms with Crippen molar-refractivity contribution in [3.63, 3.8) is 0 Å². The van der Waals surface area contributed by atoms with Gasteiger partial charge in [0, 0.05) is 18.9 Å². The summed E-state index contributed by atoms with van der Waals surface area (Å²) in [4.78, 5) is 8.30. The molecule has 76 valence electrons. The van der Waals surface area contributed by atoms with Gasteiger partial charge in [0.1, 0.15) is 0 Å². The molecule has 14 heavy (non-hydrogen) atoms. The summed E-state index contributed by atoms with van der Waals surface area (Å²) >= 11 is 3.30. The number of rotatable bonds is 3. The Morgan fingerprint density at radius 2 is 2.29 bits per heavy atom. The Hall–Kier alpha value is -0.680. The van der Waals surface area contributed by atoms with Crippen molar-refractivity contribution < 1.29 is 0 Å². The summed E-state index contributed by atoms with van der Waals surface area (Å²) in [7, 11) is 0. The van der Waals surface area contributed by atoms with Gasteiger partial charge in [-0.05, 0) is 41.4 Å². The van der Waals surface area contributed by atoms with Crippen LogP contribution < -0.4 is 10.6 Å². The van der Waals surface area contributed by atoms with Crippen molar-refractivity contribution in [2.75, 3.05) is 25.0 Å². The highest BCUT2D eigenvalue weighted by molar-refractivity contribution is 9.10. The molecule has 5 heteroatoms. The molecule has 2 heterocycles. The summed E-state index contributed by atoms with van der Waals surface area (Å²) in [5, 5.41) is 6.56. The van der Waals surface area contributed by atoms with Crippen molar-refractivity contribution in [3.8, 4) is 0 Å². The van der Waals surface area contributed by atoms with Crippen LogP contribution in [0.2, 0.25) is 0 Å². The molecule has 4 nitrogen and oxygen atoms in total. The van der Waals surface area contributed by atoms with Crippen molar-refractivity contribution in [2.24, 2.45) is 5.92 Å². The number of aromatic nitrogens is 2. The van der Waals surface area contributed by atoms with Crippen molar-refractivity contribution in [2.45, 2.75) is 6.42 Å². The molecular weight excluding hydrogens is 244 g/mol. The Balaban J connectivity index is 1.82. The predicted molar refractivity (Wildman–Crippen MR) is 59.2 cm³/mol. The van der Waals surface area contributed by atoms with Crippen LogP contribution in [0.3, 0.4) is 0 Å². The largest absolute Gasteiger partial charge is 0.354 e. The first-order chi connectivity index (χ1) is 6.84. The fraction of sp³-hybridized carbons (Fsp3) is 0.556. The highest BCUT2D eigenvalue weighted by Crippen LogP contribution is 2.10. The van der Waals surface area contributed by atoms with Crippen LogP contribution in [0.1, 0.15) is 6.42 Å². The van der Waals surface area contributed by atoms with Crippen LogP contribution in [-0.2, 0) is 0 Å². The molecular formula is C9H13BrN4. The average molecular weight is 257 g/mol. The van der Waals surface area contributed by atoms with Crippen LogP contribution in [0.4, 0.5) is 5.95 Å². The number of hydrogen-bond acceptors (Lipinski definition) is 4. The number of halogens is 1. The van der Waals surface area contributed by atoms with E-state index in [1.54, 1.807) is 12.4 Å². The number of anilines is 1. The van der Waals surface area contributed by atoms with Gasteiger partial charge in [0.2, 0.25) is 5.95 Å². The Kier molecular flexibility index (Phi) is 3.31. The Morgan fingerprint density at radius 1 is 1.50 bits per heavy atom. The van der Waals surface area contributed by atoms with E-state index in [0.29, 0.717) is 11.9 Å². The quantitative estimate of drug-likeness (QED) is 0.855. The zero-order valence-corrected chi connectivity index (χ0v) is 9.42. The van der Waals surface area contributed by atoms with Gasteiger partial charge in [0.05, 0.1) is 4.47 Å². The van der Waals surface area contributed by atoms with Crippen LogP contribution in [0.5, 0.6) is 0 Å². The molecule has 0 bridgehead atoms. The van der Waals surface area contributed by atoms with Crippen LogP contribution >= 0.6 is 15.9 Å². The summed E-state index contributed by atoms with van der Waals surface area (Å²) < 4.78 is 0.908. The lowest BCUT2D eigenvalue weighted by molar-refractivity contribution is 0.613. The summed E-state index contributed by atoms with van der Waals surface area (Å²) in [6, 6.07) is 0. The third-order valence-corrected chi connectivity index (χ3v) is 2.74. The lowest BCUT2D eigenvalue weighted by Gasteiger charge is -2.09. The predicted octanol–water partition coefficient (Wildman–Crippen LogP) is 1.26. The van der Waals surface area contributed by atoms with Crippen LogP contribution in [0.25, 0.3) is 0 Å². The van der Waals surface area contributed by atoms with Gasteiger partial charge in [-0.15, -0.1) is 0 Å². The van der Waals surface area contributed by atoms with E-state index in [4.69, 9.17) is 0 Å². The molecule has 0 spiro atoms. The molecule has 1 atom stereocenters. The van der Waals surface area contributed by atoms with Gasteiger partial charge in [-0.3, -0.25) is 0 Å². The third kappa shape index (κ3) is 2.65. The van der Waals surface area contributed by atoms with Gasteiger partial charge >= 0.3 is 0 Å². The van der Waals surface area contributed by atoms with E-state index in [-0.39, 0.29) is 0 Å². The van der Waals surface area contributed by atoms with E-state index >= 15 is 0 Å². The van der Waals surface area contributed by atoms with Crippen LogP contribution in [-0.4, -0.2) is 29.6 Å². The van der Waals surface area contributed by atoms with Crippen LogP contribution in [0.15, 0.2) is 16.9 Å². The first kappa shape index (κ1) is 9.86. The highest BCUT2D eigenvalue weighted by atomic mass is 79.9. The Labute approximate surface area is 91.7 Å². The van der Waals surface area contributed by atoms with Crippen molar-refractivity contribution in [1.29, 1.82) is 0 Å². The molecule has 1 aromatic rings. The van der Waals surface area contributed by atoms with Crippen molar-refractivity contribution >= 4 is 21.9 Å². The Bertz CT molecular complexity index is 281. The highest BCUT2D eigenvalue weighted by Gasteiger charge is 2.13. The smallest absolute Gasteiger partial charge is 0.222 e. The molecule has 0 amide bonds. The normalized spacial score (nSPS) is 21.1. The molecule has 1 aliphatic rings. The number of nitrogens with one attached hydrogen (secondary N) is 2. The minimum atomic E-state index is 0.708. The molecule has 1 fully saturated rings. The molecule has 0 radical (unpaired) electrons. The van der Waals surface area contributed by atoms with Gasteiger partial charge in [-0.1, -0.05) is 0 Å². The SMILES string of the molecule is Brc1cnc(NCC2CCNC2)nc1. The standard InChI is InChI=1S/C9H13BrN4/c10-8-5-13-9(14-6-8)12-4-7-1-2-11-3-7/h5-7,11H,1-4H2,(H,12,13,14). The van der Waals surface area contributed by atoms with E-state index in [1.807, 2.05) is 0 Å². The molecule has 0 aromatic carbocycles. The zero-order chi connectivity index (χ0) is 9.80. The molecule has 2 rings (SSSR count). The van der Waals surface area contributed by atoms with Gasteiger partial charge < -0.3 is 10.6 Å². The average Bonchev–Trinajstić information content (AvgIpc) is 2.70. The maximum Gasteiger partial charge on any atom is 0.222 e. The van der Waals surface area contributed by atoms with E-state index in [2.05, 4.69) is 36.5 Å². The molecule has 0 aliphatic carbocycles. The molecule has 1 aliphatic heterocycles. The maximum absolute atomic E-state index is 4.15. The van der Waals surface area contributed by atoms with Gasteiger partial charge in [0.15, 0.2) is 0 Å². The third-order valence-electron chi connectivity index (χ3n) is 2.33. The van der Waals surface area contributed by atoms with E-state index in [9.17, 15) is 0 Å². The molecule has 2 N–H and O–H groups in total. The van der Waals surface area contributed by atoms with Crippen molar-refractivity contribution in [3.05, 3.63) is 16.9 Å². The molecule has 0 saturated carbocycles. The van der Waals surface area contributed by atoms with Crippen LogP contribution in [0, 0.1) is 5.92 Å². The van der Waals surface area contributed by atoms with E-state index in [1.165, 1.54) is 6.42 Å². The lowest BCUT2D eigenvalue weighted by Crippen LogP contribution is -2.18. The second-order valence-corrected chi connectivity index (χ2v) is 4.38. The lowest BCUT2D eigenvalue weighted by atomic mass is 10.1. The number of nitrogens with zero attached hydrogens (tertiary/aromatic N) is 2. The van der Waals surface area contributed by atoms with E-state index < -0.39 is 0 Å². The molecule has 1 saturated heterocycles. The minimum Gasteiger partial charge on any atom is -0.354 e. The van der Waals surface area contributed by atoms with Gasteiger partial charge in [0.25, 0.3) is 0 Å². The minimum absolute atomic E-state index is 0.708. The number of hydrogen-bond donors (Lipinski definition) is 2. The zero-order valence-electron chi connectivity index (χ0n) is 7.83. The monoisotopic (exact) mass is 256 g/mol. The fourth-order valence-corrected chi connectivity index (χ4v) is 1.73. The Morgan fingerprint density at radius 3 is 2.93 bits per heavy atom. The molecule has 1 aromatic heterocycles. The van der Waals surface area contributed by atoms with Crippen molar-refractivity contribution in [1.82, 2.24) is 15.3 Å². The maximum atomic E-state index is 4.15. The topological polar surface area (TPSA) is 49.8 Å². The first-order valence-corrected chi connectivity index (χ1v) is 5.56. The second-order valence-electron chi connectivity index (χ2n) is 3.46. The summed E-state index contributed by atoms with van der Waals surface area (Å²) in [5.41, 5.74) is 0. The molecule has 1 unspecified atom stereocenters. The fourth-order valence-electron chi connectivity index (χ4n) is 1.53. The second kappa shape index (κ2) is 4.70. The summed E-state index contributed by atoms with van der Waals surface area (Å²) in [5.74, 6) is 1.42.